The number of rotatable bonds is 5. The fourth-order valence-corrected chi connectivity index (χ4v) is 3.46. The molecule has 0 aliphatic heterocycles. The number of ketones is 1. The summed E-state index contributed by atoms with van der Waals surface area (Å²) in [6.07, 6.45) is 2.97. The lowest BCUT2D eigenvalue weighted by Crippen LogP contribution is -2.21. The van der Waals surface area contributed by atoms with E-state index in [-0.39, 0.29) is 27.9 Å². The van der Waals surface area contributed by atoms with E-state index in [0.29, 0.717) is 16.8 Å². The van der Waals surface area contributed by atoms with Gasteiger partial charge in [0.05, 0.1) is 11.4 Å². The first-order valence-electron chi connectivity index (χ1n) is 8.44. The standard InChI is InChI=1S/C21H19FN2O2S/c1-13-4-5-14(2)17(10-13)19(25)12-27-20-21(26)24(9-8-23-20)16-7-6-15(3)18(22)11-16/h4-11H,12H2,1-3H3. The van der Waals surface area contributed by atoms with E-state index in [2.05, 4.69) is 4.98 Å². The van der Waals surface area contributed by atoms with Gasteiger partial charge in [0.25, 0.3) is 5.56 Å². The molecule has 1 aromatic heterocycles. The van der Waals surface area contributed by atoms with Crippen LogP contribution in [-0.2, 0) is 0 Å². The highest BCUT2D eigenvalue weighted by Crippen LogP contribution is 2.18. The smallest absolute Gasteiger partial charge is 0.287 e. The first-order valence-corrected chi connectivity index (χ1v) is 9.43. The maximum atomic E-state index is 13.8. The fraction of sp³-hybridized carbons (Fsp3) is 0.190. The Morgan fingerprint density at radius 3 is 2.59 bits per heavy atom. The van der Waals surface area contributed by atoms with Crippen molar-refractivity contribution in [3.05, 3.63) is 87.2 Å². The van der Waals surface area contributed by atoms with Crippen molar-refractivity contribution in [2.24, 2.45) is 0 Å². The summed E-state index contributed by atoms with van der Waals surface area (Å²) in [5.74, 6) is -0.326. The first kappa shape index (κ1) is 19.0. The fourth-order valence-electron chi connectivity index (χ4n) is 2.68. The van der Waals surface area contributed by atoms with Gasteiger partial charge in [0, 0.05) is 18.0 Å². The monoisotopic (exact) mass is 382 g/mol. The zero-order chi connectivity index (χ0) is 19.6. The summed E-state index contributed by atoms with van der Waals surface area (Å²) in [5, 5.41) is 0.206. The number of benzene rings is 2. The summed E-state index contributed by atoms with van der Waals surface area (Å²) in [4.78, 5) is 29.3. The van der Waals surface area contributed by atoms with E-state index in [9.17, 15) is 14.0 Å². The van der Waals surface area contributed by atoms with E-state index < -0.39 is 0 Å². The van der Waals surface area contributed by atoms with Crippen molar-refractivity contribution in [1.29, 1.82) is 0 Å². The number of hydrogen-bond acceptors (Lipinski definition) is 4. The zero-order valence-electron chi connectivity index (χ0n) is 15.3. The Balaban J connectivity index is 1.84. The van der Waals surface area contributed by atoms with Gasteiger partial charge in [-0.25, -0.2) is 9.37 Å². The largest absolute Gasteiger partial charge is 0.293 e. The molecule has 0 radical (unpaired) electrons. The molecule has 0 saturated carbocycles. The molecule has 2 aromatic carbocycles. The van der Waals surface area contributed by atoms with Gasteiger partial charge in [-0.3, -0.25) is 14.2 Å². The Morgan fingerprint density at radius 1 is 1.11 bits per heavy atom. The van der Waals surface area contributed by atoms with E-state index in [1.807, 2.05) is 32.0 Å². The highest BCUT2D eigenvalue weighted by molar-refractivity contribution is 7.99. The highest BCUT2D eigenvalue weighted by atomic mass is 32.2. The molecule has 1 heterocycles. The zero-order valence-corrected chi connectivity index (χ0v) is 16.1. The van der Waals surface area contributed by atoms with Gasteiger partial charge < -0.3 is 0 Å². The Labute approximate surface area is 161 Å². The average Bonchev–Trinajstić information content (AvgIpc) is 2.65. The van der Waals surface area contributed by atoms with Gasteiger partial charge in [-0.2, -0.15) is 0 Å². The van der Waals surface area contributed by atoms with Crippen LogP contribution in [0.2, 0.25) is 0 Å². The molecular formula is C21H19FN2O2S. The lowest BCUT2D eigenvalue weighted by molar-refractivity contribution is 0.102. The van der Waals surface area contributed by atoms with Crippen LogP contribution in [0.3, 0.4) is 0 Å². The van der Waals surface area contributed by atoms with Gasteiger partial charge in [-0.05, 0) is 50.1 Å². The molecule has 6 heteroatoms. The second-order valence-corrected chi connectivity index (χ2v) is 7.34. The number of hydrogen-bond donors (Lipinski definition) is 0. The van der Waals surface area contributed by atoms with Gasteiger partial charge in [0.2, 0.25) is 0 Å². The number of aromatic nitrogens is 2. The Kier molecular flexibility index (Phi) is 5.56. The molecule has 0 atom stereocenters. The van der Waals surface area contributed by atoms with Crippen LogP contribution in [0.4, 0.5) is 4.39 Å². The molecule has 0 unspecified atom stereocenters. The summed E-state index contributed by atoms with van der Waals surface area (Å²) in [5.41, 5.74) is 3.12. The first-order chi connectivity index (χ1) is 12.9. The van der Waals surface area contributed by atoms with Crippen molar-refractivity contribution in [3.63, 3.8) is 0 Å². The Hall–Kier alpha value is -2.73. The second kappa shape index (κ2) is 7.88. The second-order valence-electron chi connectivity index (χ2n) is 6.37. The van der Waals surface area contributed by atoms with E-state index in [4.69, 9.17) is 0 Å². The quantitative estimate of drug-likeness (QED) is 0.488. The third-order valence-electron chi connectivity index (χ3n) is 4.28. The number of aryl methyl sites for hydroxylation is 3. The van der Waals surface area contributed by atoms with E-state index in [0.717, 1.165) is 22.9 Å². The van der Waals surface area contributed by atoms with Crippen molar-refractivity contribution in [1.82, 2.24) is 9.55 Å². The molecule has 0 fully saturated rings. The minimum absolute atomic E-state index is 0.0563. The topological polar surface area (TPSA) is 52.0 Å². The molecule has 3 aromatic rings. The lowest BCUT2D eigenvalue weighted by atomic mass is 10.0. The van der Waals surface area contributed by atoms with Crippen LogP contribution in [0.25, 0.3) is 5.69 Å². The number of Topliss-reactive ketones (excluding diaryl/α,β-unsaturated/α-hetero) is 1. The summed E-state index contributed by atoms with van der Waals surface area (Å²) < 4.78 is 15.2. The molecule has 0 aliphatic rings. The van der Waals surface area contributed by atoms with E-state index in [1.165, 1.54) is 23.0 Å². The number of nitrogens with zero attached hydrogens (tertiary/aromatic N) is 2. The Bertz CT molecular complexity index is 1080. The summed E-state index contributed by atoms with van der Waals surface area (Å²) >= 11 is 1.09. The molecule has 27 heavy (non-hydrogen) atoms. The van der Waals surface area contributed by atoms with Crippen LogP contribution in [0.5, 0.6) is 0 Å². The Morgan fingerprint density at radius 2 is 1.85 bits per heavy atom. The third-order valence-corrected chi connectivity index (χ3v) is 5.24. The molecule has 0 bridgehead atoms. The van der Waals surface area contributed by atoms with Gasteiger partial charge in [0.1, 0.15) is 5.82 Å². The van der Waals surface area contributed by atoms with Gasteiger partial charge in [0.15, 0.2) is 10.8 Å². The molecule has 0 N–H and O–H groups in total. The number of carbonyl (C=O) groups excluding carboxylic acids is 1. The maximum Gasteiger partial charge on any atom is 0.287 e. The number of carbonyl (C=O) groups is 1. The predicted octanol–water partition coefficient (Wildman–Crippen LogP) is 4.27. The minimum Gasteiger partial charge on any atom is -0.293 e. The summed E-state index contributed by atoms with van der Waals surface area (Å²) in [7, 11) is 0. The molecule has 138 valence electrons. The average molecular weight is 382 g/mol. The highest BCUT2D eigenvalue weighted by Gasteiger charge is 2.14. The van der Waals surface area contributed by atoms with Gasteiger partial charge >= 0.3 is 0 Å². The van der Waals surface area contributed by atoms with Crippen LogP contribution in [0.15, 0.2) is 58.6 Å². The lowest BCUT2D eigenvalue weighted by Gasteiger charge is -2.09. The van der Waals surface area contributed by atoms with Crippen LogP contribution < -0.4 is 5.56 Å². The number of halogens is 1. The van der Waals surface area contributed by atoms with Crippen molar-refractivity contribution in [3.8, 4) is 5.69 Å². The molecular weight excluding hydrogens is 363 g/mol. The third kappa shape index (κ3) is 4.17. The maximum absolute atomic E-state index is 13.8. The van der Waals surface area contributed by atoms with E-state index in [1.54, 1.807) is 19.1 Å². The molecule has 0 saturated heterocycles. The molecule has 0 spiro atoms. The van der Waals surface area contributed by atoms with Gasteiger partial charge in [-0.1, -0.05) is 35.5 Å². The van der Waals surface area contributed by atoms with Crippen molar-refractivity contribution < 1.29 is 9.18 Å². The van der Waals surface area contributed by atoms with Crippen molar-refractivity contribution in [2.45, 2.75) is 25.8 Å². The van der Waals surface area contributed by atoms with Crippen LogP contribution in [-0.4, -0.2) is 21.1 Å². The van der Waals surface area contributed by atoms with Crippen LogP contribution in [0, 0.1) is 26.6 Å². The number of thioether (sulfide) groups is 1. The predicted molar refractivity (Wildman–Crippen MR) is 105 cm³/mol. The summed E-state index contributed by atoms with van der Waals surface area (Å²) in [6, 6.07) is 10.3. The molecule has 3 rings (SSSR count). The molecule has 4 nitrogen and oxygen atoms in total. The minimum atomic E-state index is -0.379. The molecule has 0 aliphatic carbocycles. The van der Waals surface area contributed by atoms with Crippen LogP contribution in [0.1, 0.15) is 27.0 Å². The van der Waals surface area contributed by atoms with E-state index >= 15 is 0 Å². The van der Waals surface area contributed by atoms with Crippen molar-refractivity contribution >= 4 is 17.5 Å². The van der Waals surface area contributed by atoms with Crippen LogP contribution >= 0.6 is 11.8 Å². The van der Waals surface area contributed by atoms with Crippen molar-refractivity contribution in [2.75, 3.05) is 5.75 Å². The molecule has 0 amide bonds. The van der Waals surface area contributed by atoms with Gasteiger partial charge in [-0.15, -0.1) is 0 Å². The SMILES string of the molecule is Cc1ccc(C)c(C(=O)CSc2nccn(-c3ccc(C)c(F)c3)c2=O)c1. The summed E-state index contributed by atoms with van der Waals surface area (Å²) in [6.45, 7) is 5.48. The normalized spacial score (nSPS) is 10.8.